The predicted octanol–water partition coefficient (Wildman–Crippen LogP) is 2.74. The number of benzene rings is 1. The predicted molar refractivity (Wildman–Crippen MR) is 94.7 cm³/mol. The van der Waals surface area contributed by atoms with Gasteiger partial charge in [-0.2, -0.15) is 0 Å². The number of fused-ring (bicyclic) bond motifs is 1. The molecule has 3 rings (SSSR count). The number of nitrogens with zero attached hydrogens (tertiary/aromatic N) is 2. The van der Waals surface area contributed by atoms with Crippen molar-refractivity contribution in [2.45, 2.75) is 25.3 Å². The second-order valence-electron chi connectivity index (χ2n) is 5.21. The molecule has 0 amide bonds. The molecule has 1 saturated carbocycles. The number of aliphatic imine (C=N–C) groups is 1. The number of nitrogens with two attached hydrogens (primary N) is 1. The average molecular weight is 384 g/mol. The lowest BCUT2D eigenvalue weighted by Crippen LogP contribution is -2.35. The van der Waals surface area contributed by atoms with Crippen LogP contribution in [-0.2, 0) is 6.42 Å². The highest BCUT2D eigenvalue weighted by Gasteiger charge is 2.27. The van der Waals surface area contributed by atoms with Crippen molar-refractivity contribution in [3.05, 3.63) is 36.0 Å². The molecule has 0 aliphatic heterocycles. The van der Waals surface area contributed by atoms with Gasteiger partial charge in [-0.25, -0.2) is 0 Å². The minimum absolute atomic E-state index is 0. The molecule has 1 aromatic carbocycles. The standard InChI is InChI=1S/C15H20N4.HI/c1-19(13-6-7-13)15(16)17-9-8-12-10-11-4-2-3-5-14(11)18-12;/h2-5,10,13,18H,6-9H2,1H3,(H2,16,17);1H. The maximum Gasteiger partial charge on any atom is 0.191 e. The largest absolute Gasteiger partial charge is 0.370 e. The molecule has 1 fully saturated rings. The van der Waals surface area contributed by atoms with Crippen molar-refractivity contribution in [3.63, 3.8) is 0 Å². The highest BCUT2D eigenvalue weighted by Crippen LogP contribution is 2.24. The number of nitrogens with one attached hydrogen (secondary N) is 1. The first kappa shape index (κ1) is 15.2. The molecule has 20 heavy (non-hydrogen) atoms. The SMILES string of the molecule is CN(C(N)=NCCc1cc2ccccc2[nH]1)C1CC1.I. The van der Waals surface area contributed by atoms with Gasteiger partial charge in [-0.1, -0.05) is 18.2 Å². The molecule has 0 bridgehead atoms. The van der Waals surface area contributed by atoms with Gasteiger partial charge in [0.15, 0.2) is 5.96 Å². The minimum Gasteiger partial charge on any atom is -0.370 e. The Labute approximate surface area is 136 Å². The van der Waals surface area contributed by atoms with E-state index < -0.39 is 0 Å². The quantitative estimate of drug-likeness (QED) is 0.484. The number of rotatable bonds is 4. The van der Waals surface area contributed by atoms with E-state index in [4.69, 9.17) is 5.73 Å². The zero-order valence-corrected chi connectivity index (χ0v) is 14.0. The van der Waals surface area contributed by atoms with Crippen LogP contribution < -0.4 is 5.73 Å². The van der Waals surface area contributed by atoms with Gasteiger partial charge in [-0.05, 0) is 30.4 Å². The second kappa shape index (κ2) is 6.47. The Balaban J connectivity index is 0.00000147. The highest BCUT2D eigenvalue weighted by molar-refractivity contribution is 14.0. The Kier molecular flexibility index (Phi) is 4.91. The van der Waals surface area contributed by atoms with Gasteiger partial charge >= 0.3 is 0 Å². The summed E-state index contributed by atoms with van der Waals surface area (Å²) in [6.45, 7) is 0.732. The Hall–Kier alpha value is -1.24. The molecule has 1 heterocycles. The zero-order chi connectivity index (χ0) is 13.2. The lowest BCUT2D eigenvalue weighted by molar-refractivity contribution is 0.487. The molecule has 0 spiro atoms. The van der Waals surface area contributed by atoms with Crippen LogP contribution in [0, 0.1) is 0 Å². The van der Waals surface area contributed by atoms with Crippen molar-refractivity contribution in [1.29, 1.82) is 0 Å². The summed E-state index contributed by atoms with van der Waals surface area (Å²) in [7, 11) is 2.03. The van der Waals surface area contributed by atoms with Gasteiger partial charge in [0.1, 0.15) is 0 Å². The summed E-state index contributed by atoms with van der Waals surface area (Å²) < 4.78 is 0. The number of para-hydroxylation sites is 1. The lowest BCUT2D eigenvalue weighted by Gasteiger charge is -2.16. The van der Waals surface area contributed by atoms with Crippen LogP contribution in [0.5, 0.6) is 0 Å². The first-order valence-electron chi connectivity index (χ1n) is 6.83. The first-order chi connectivity index (χ1) is 9.24. The van der Waals surface area contributed by atoms with Crippen molar-refractivity contribution in [3.8, 4) is 0 Å². The number of hydrogen-bond acceptors (Lipinski definition) is 1. The maximum atomic E-state index is 5.96. The van der Waals surface area contributed by atoms with Gasteiger partial charge in [-0.3, -0.25) is 4.99 Å². The molecule has 0 atom stereocenters. The van der Waals surface area contributed by atoms with Gasteiger partial charge in [0.25, 0.3) is 0 Å². The lowest BCUT2D eigenvalue weighted by atomic mass is 10.2. The molecular formula is C15H21IN4. The number of aromatic amines is 1. The van der Waals surface area contributed by atoms with E-state index in [9.17, 15) is 0 Å². The number of aromatic nitrogens is 1. The van der Waals surface area contributed by atoms with Crippen LogP contribution in [0.3, 0.4) is 0 Å². The molecule has 1 aliphatic rings. The third kappa shape index (κ3) is 3.45. The second-order valence-corrected chi connectivity index (χ2v) is 5.21. The summed E-state index contributed by atoms with van der Waals surface area (Å²) in [6, 6.07) is 11.1. The maximum absolute atomic E-state index is 5.96. The molecule has 2 aromatic rings. The molecule has 1 aromatic heterocycles. The smallest absolute Gasteiger partial charge is 0.191 e. The zero-order valence-electron chi connectivity index (χ0n) is 11.7. The molecule has 108 valence electrons. The highest BCUT2D eigenvalue weighted by atomic mass is 127. The Morgan fingerprint density at radius 2 is 2.15 bits per heavy atom. The Morgan fingerprint density at radius 1 is 1.40 bits per heavy atom. The van der Waals surface area contributed by atoms with E-state index in [1.54, 1.807) is 0 Å². The van der Waals surface area contributed by atoms with Crippen molar-refractivity contribution < 1.29 is 0 Å². The topological polar surface area (TPSA) is 57.4 Å². The first-order valence-corrected chi connectivity index (χ1v) is 6.83. The van der Waals surface area contributed by atoms with Gasteiger partial charge < -0.3 is 15.6 Å². The molecule has 3 N–H and O–H groups in total. The number of H-pyrrole nitrogens is 1. The summed E-state index contributed by atoms with van der Waals surface area (Å²) in [4.78, 5) is 9.95. The fraction of sp³-hybridized carbons (Fsp3) is 0.400. The van der Waals surface area contributed by atoms with Crippen molar-refractivity contribution >= 4 is 40.8 Å². The molecule has 0 radical (unpaired) electrons. The average Bonchev–Trinajstić information content (AvgIpc) is 3.17. The van der Waals surface area contributed by atoms with Gasteiger partial charge in [0.2, 0.25) is 0 Å². The van der Waals surface area contributed by atoms with Crippen molar-refractivity contribution in [1.82, 2.24) is 9.88 Å². The van der Waals surface area contributed by atoms with E-state index in [0.717, 1.165) is 13.0 Å². The Bertz CT molecular complexity index is 568. The summed E-state index contributed by atoms with van der Waals surface area (Å²) in [6.07, 6.45) is 3.39. The monoisotopic (exact) mass is 384 g/mol. The van der Waals surface area contributed by atoms with Gasteiger partial charge in [0.05, 0.1) is 0 Å². The van der Waals surface area contributed by atoms with Crippen molar-refractivity contribution in [2.24, 2.45) is 10.7 Å². The van der Waals surface area contributed by atoms with Crippen LogP contribution in [0.2, 0.25) is 0 Å². The van der Waals surface area contributed by atoms with E-state index in [-0.39, 0.29) is 24.0 Å². The minimum atomic E-state index is 0. The fourth-order valence-corrected chi connectivity index (χ4v) is 2.32. The van der Waals surface area contributed by atoms with Crippen LogP contribution in [0.15, 0.2) is 35.3 Å². The van der Waals surface area contributed by atoms with Crippen LogP contribution in [0.1, 0.15) is 18.5 Å². The van der Waals surface area contributed by atoms with Crippen molar-refractivity contribution in [2.75, 3.05) is 13.6 Å². The van der Waals surface area contributed by atoms with E-state index in [1.807, 2.05) is 13.1 Å². The summed E-state index contributed by atoms with van der Waals surface area (Å²) in [5, 5.41) is 1.25. The molecule has 4 nitrogen and oxygen atoms in total. The molecular weight excluding hydrogens is 363 g/mol. The van der Waals surface area contributed by atoms with Crippen LogP contribution in [-0.4, -0.2) is 35.5 Å². The van der Waals surface area contributed by atoms with Crippen LogP contribution >= 0.6 is 24.0 Å². The van der Waals surface area contributed by atoms with Gasteiger partial charge in [-0.15, -0.1) is 24.0 Å². The molecule has 0 unspecified atom stereocenters. The van der Waals surface area contributed by atoms with E-state index in [1.165, 1.54) is 29.4 Å². The molecule has 5 heteroatoms. The third-order valence-corrected chi connectivity index (χ3v) is 3.70. The summed E-state index contributed by atoms with van der Waals surface area (Å²) in [5.41, 5.74) is 8.36. The van der Waals surface area contributed by atoms with Gasteiger partial charge in [0, 0.05) is 37.3 Å². The number of hydrogen-bond donors (Lipinski definition) is 2. The fourth-order valence-electron chi connectivity index (χ4n) is 2.32. The molecule has 1 aliphatic carbocycles. The number of halogens is 1. The Morgan fingerprint density at radius 3 is 2.85 bits per heavy atom. The van der Waals surface area contributed by atoms with Crippen LogP contribution in [0.25, 0.3) is 10.9 Å². The summed E-state index contributed by atoms with van der Waals surface area (Å²) in [5.74, 6) is 0.665. The normalized spacial score (nSPS) is 15.2. The van der Waals surface area contributed by atoms with E-state index in [0.29, 0.717) is 12.0 Å². The number of guanidine groups is 1. The summed E-state index contributed by atoms with van der Waals surface area (Å²) >= 11 is 0. The van der Waals surface area contributed by atoms with E-state index in [2.05, 4.69) is 39.1 Å². The molecule has 0 saturated heterocycles. The third-order valence-electron chi connectivity index (χ3n) is 3.70. The van der Waals surface area contributed by atoms with E-state index >= 15 is 0 Å². The van der Waals surface area contributed by atoms with Crippen LogP contribution in [0.4, 0.5) is 0 Å².